The molecule has 0 fully saturated rings. The molecule has 0 saturated heterocycles. The fourth-order valence-corrected chi connectivity index (χ4v) is 0.192. The Balaban J connectivity index is 0. The van der Waals surface area contributed by atoms with Gasteiger partial charge in [-0.1, -0.05) is 25.6 Å². The number of nitrogens with zero attached hydrogens (tertiary/aromatic N) is 2. The summed E-state index contributed by atoms with van der Waals surface area (Å²) in [6, 6.07) is 0. The van der Waals surface area contributed by atoms with Gasteiger partial charge in [0.15, 0.2) is 0 Å². The van der Waals surface area contributed by atoms with Gasteiger partial charge in [0.25, 0.3) is 0 Å². The van der Waals surface area contributed by atoms with Crippen LogP contribution in [0, 0.1) is 0 Å². The maximum absolute atomic E-state index is 3.61. The minimum Gasteiger partial charge on any atom is -0.450 e. The fourth-order valence-electron chi connectivity index (χ4n) is 0.192. The van der Waals surface area contributed by atoms with E-state index in [2.05, 4.69) is 30.2 Å². The Morgan fingerprint density at radius 2 is 2.00 bits per heavy atom. The van der Waals surface area contributed by atoms with Gasteiger partial charge in [0.1, 0.15) is 0 Å². The second-order valence-electron chi connectivity index (χ2n) is 2.11. The zero-order valence-corrected chi connectivity index (χ0v) is 10.1. The van der Waals surface area contributed by atoms with E-state index < -0.39 is 0 Å². The molecule has 0 aliphatic carbocycles. The van der Waals surface area contributed by atoms with Crippen LogP contribution in [0.4, 0.5) is 0 Å². The zero-order valence-electron chi connectivity index (χ0n) is 7.08. The third kappa shape index (κ3) is 13.4. The van der Waals surface area contributed by atoms with Crippen molar-refractivity contribution in [3.63, 3.8) is 0 Å². The molecular formula is C7H14AuN2P. The Kier molecular flexibility index (Phi) is 13.2. The van der Waals surface area contributed by atoms with Crippen molar-refractivity contribution in [3.8, 4) is 0 Å². The van der Waals surface area contributed by atoms with Gasteiger partial charge in [-0.2, -0.15) is 0 Å². The maximum Gasteiger partial charge on any atom is 1.00 e. The molecule has 0 N–H and O–H groups in total. The SMILES string of the molecule is CCP(C)C.[Au+].c1c[n-]cn1. The second-order valence-corrected chi connectivity index (χ2v) is 4.90. The normalized spacial score (nSPS) is 8.00. The molecule has 1 aromatic heterocycles. The maximum atomic E-state index is 3.61. The van der Waals surface area contributed by atoms with Crippen molar-refractivity contribution in [2.75, 3.05) is 19.5 Å². The second kappa shape index (κ2) is 10.4. The first-order chi connectivity index (χ1) is 4.77. The molecule has 0 radical (unpaired) electrons. The van der Waals surface area contributed by atoms with Crippen LogP contribution in [0.15, 0.2) is 18.7 Å². The minimum atomic E-state index is 0. The molecule has 0 unspecified atom stereocenters. The van der Waals surface area contributed by atoms with E-state index in [0.29, 0.717) is 7.92 Å². The van der Waals surface area contributed by atoms with Crippen molar-refractivity contribution >= 4 is 7.92 Å². The number of aromatic nitrogens is 2. The van der Waals surface area contributed by atoms with Crippen LogP contribution in [0.2, 0.25) is 0 Å². The average Bonchev–Trinajstić information content (AvgIpc) is 2.43. The van der Waals surface area contributed by atoms with Crippen molar-refractivity contribution in [2.45, 2.75) is 6.92 Å². The third-order valence-electron chi connectivity index (χ3n) is 1.00. The molecule has 0 bridgehead atoms. The van der Waals surface area contributed by atoms with Crippen molar-refractivity contribution in [2.24, 2.45) is 0 Å². The van der Waals surface area contributed by atoms with Crippen LogP contribution >= 0.6 is 7.92 Å². The summed E-state index contributed by atoms with van der Waals surface area (Å²) in [5.41, 5.74) is 0. The summed E-state index contributed by atoms with van der Waals surface area (Å²) < 4.78 is 0. The predicted octanol–water partition coefficient (Wildman–Crippen LogP) is 1.78. The van der Waals surface area contributed by atoms with Crippen molar-refractivity contribution in [1.29, 1.82) is 0 Å². The van der Waals surface area contributed by atoms with E-state index in [4.69, 9.17) is 0 Å². The number of rotatable bonds is 1. The summed E-state index contributed by atoms with van der Waals surface area (Å²) in [6.07, 6.45) is 6.15. The topological polar surface area (TPSA) is 27.0 Å². The smallest absolute Gasteiger partial charge is 0.450 e. The molecule has 2 nitrogen and oxygen atoms in total. The summed E-state index contributed by atoms with van der Waals surface area (Å²) in [5.74, 6) is 0. The van der Waals surface area contributed by atoms with Crippen LogP contribution < -0.4 is 4.98 Å². The van der Waals surface area contributed by atoms with E-state index in [1.807, 2.05) is 0 Å². The van der Waals surface area contributed by atoms with E-state index in [9.17, 15) is 0 Å². The first-order valence-corrected chi connectivity index (χ1v) is 5.71. The number of hydrogen-bond acceptors (Lipinski definition) is 1. The van der Waals surface area contributed by atoms with E-state index in [-0.39, 0.29) is 22.4 Å². The monoisotopic (exact) mass is 354 g/mol. The molecule has 4 heteroatoms. The quantitative estimate of drug-likeness (QED) is 0.568. The van der Waals surface area contributed by atoms with E-state index >= 15 is 0 Å². The van der Waals surface area contributed by atoms with Gasteiger partial charge in [-0.3, -0.25) is 0 Å². The summed E-state index contributed by atoms with van der Waals surface area (Å²) in [6.45, 7) is 6.80. The van der Waals surface area contributed by atoms with E-state index in [1.54, 1.807) is 12.4 Å². The molecule has 0 atom stereocenters. The molecule has 11 heavy (non-hydrogen) atoms. The van der Waals surface area contributed by atoms with Crippen LogP contribution in [-0.4, -0.2) is 24.5 Å². The van der Waals surface area contributed by atoms with Gasteiger partial charge in [0.2, 0.25) is 0 Å². The summed E-state index contributed by atoms with van der Waals surface area (Å²) in [5, 5.41) is 0. The molecule has 0 spiro atoms. The molecule has 68 valence electrons. The molecule has 1 rings (SSSR count). The van der Waals surface area contributed by atoms with Crippen LogP contribution in [0.5, 0.6) is 0 Å². The Bertz CT molecular complexity index is 114. The van der Waals surface area contributed by atoms with Gasteiger partial charge in [-0.25, -0.2) is 0 Å². The standard InChI is InChI=1S/C4H11P.C3H3N2.Au/c1-4-5(2)3;1-2-5-3-4-1;/h4H2,1-3H3;1-3H;/q;-1;+1. The number of hydrogen-bond donors (Lipinski definition) is 0. The molecule has 1 aromatic rings. The van der Waals surface area contributed by atoms with Crippen LogP contribution in [0.1, 0.15) is 6.92 Å². The van der Waals surface area contributed by atoms with Crippen LogP contribution in [0.25, 0.3) is 0 Å². The van der Waals surface area contributed by atoms with Crippen LogP contribution in [-0.2, 0) is 22.4 Å². The Morgan fingerprint density at radius 3 is 2.09 bits per heavy atom. The zero-order chi connectivity index (χ0) is 7.82. The predicted molar refractivity (Wildman–Crippen MR) is 46.9 cm³/mol. The molecular weight excluding hydrogens is 340 g/mol. The molecule has 0 aromatic carbocycles. The molecule has 1 heterocycles. The molecule has 0 saturated carbocycles. The van der Waals surface area contributed by atoms with E-state index in [0.717, 1.165) is 0 Å². The van der Waals surface area contributed by atoms with Crippen molar-refractivity contribution < 1.29 is 22.4 Å². The Hall–Kier alpha value is 0.380. The van der Waals surface area contributed by atoms with Gasteiger partial charge in [0, 0.05) is 0 Å². The van der Waals surface area contributed by atoms with Gasteiger partial charge >= 0.3 is 22.4 Å². The molecule has 0 aliphatic heterocycles. The van der Waals surface area contributed by atoms with E-state index in [1.165, 1.54) is 12.5 Å². The van der Waals surface area contributed by atoms with Crippen LogP contribution in [0.3, 0.4) is 0 Å². The summed E-state index contributed by atoms with van der Waals surface area (Å²) in [4.78, 5) is 7.22. The molecule has 0 amide bonds. The number of imidazole rings is 1. The first kappa shape index (κ1) is 13.9. The Morgan fingerprint density at radius 1 is 1.45 bits per heavy atom. The Labute approximate surface area is 85.5 Å². The van der Waals surface area contributed by atoms with Gasteiger partial charge in [0.05, 0.1) is 0 Å². The van der Waals surface area contributed by atoms with Gasteiger partial charge in [-0.05, 0) is 19.5 Å². The average molecular weight is 354 g/mol. The van der Waals surface area contributed by atoms with Crippen molar-refractivity contribution in [1.82, 2.24) is 9.97 Å². The first-order valence-electron chi connectivity index (χ1n) is 3.28. The van der Waals surface area contributed by atoms with Gasteiger partial charge in [-0.15, -0.1) is 7.92 Å². The summed E-state index contributed by atoms with van der Waals surface area (Å²) in [7, 11) is 0.402. The molecule has 0 aliphatic rings. The largest absolute Gasteiger partial charge is 1.00 e. The fraction of sp³-hybridized carbons (Fsp3) is 0.571. The minimum absolute atomic E-state index is 0. The van der Waals surface area contributed by atoms with Gasteiger partial charge < -0.3 is 9.97 Å². The van der Waals surface area contributed by atoms with Crippen molar-refractivity contribution in [3.05, 3.63) is 18.7 Å². The third-order valence-corrected chi connectivity index (χ3v) is 2.27. The summed E-state index contributed by atoms with van der Waals surface area (Å²) >= 11 is 0.